The SMILES string of the molecule is N#Cc1ccc(Br)cc1NC(=O)Nc1sccc1C(=O)O. The molecule has 0 atom stereocenters. The summed E-state index contributed by atoms with van der Waals surface area (Å²) in [6.45, 7) is 0. The summed E-state index contributed by atoms with van der Waals surface area (Å²) in [6, 6.07) is 7.59. The van der Waals surface area contributed by atoms with E-state index in [1.807, 2.05) is 6.07 Å². The first kappa shape index (κ1) is 15.0. The van der Waals surface area contributed by atoms with Crippen LogP contribution in [0.25, 0.3) is 0 Å². The van der Waals surface area contributed by atoms with Gasteiger partial charge in [-0.3, -0.25) is 5.32 Å². The summed E-state index contributed by atoms with van der Waals surface area (Å²) in [5.74, 6) is -1.12. The van der Waals surface area contributed by atoms with E-state index in [1.54, 1.807) is 23.6 Å². The highest BCUT2D eigenvalue weighted by Crippen LogP contribution is 2.24. The fourth-order valence-corrected chi connectivity index (χ4v) is 2.68. The van der Waals surface area contributed by atoms with E-state index >= 15 is 0 Å². The maximum absolute atomic E-state index is 11.9. The summed E-state index contributed by atoms with van der Waals surface area (Å²) in [7, 11) is 0. The summed E-state index contributed by atoms with van der Waals surface area (Å²) in [5.41, 5.74) is 0.653. The van der Waals surface area contributed by atoms with Crippen LogP contribution in [-0.4, -0.2) is 17.1 Å². The van der Waals surface area contributed by atoms with Gasteiger partial charge in [0.15, 0.2) is 0 Å². The van der Waals surface area contributed by atoms with Crippen molar-refractivity contribution in [2.45, 2.75) is 0 Å². The van der Waals surface area contributed by atoms with Gasteiger partial charge in [0.1, 0.15) is 11.1 Å². The molecule has 0 aliphatic rings. The van der Waals surface area contributed by atoms with Gasteiger partial charge < -0.3 is 10.4 Å². The number of nitriles is 1. The van der Waals surface area contributed by atoms with E-state index < -0.39 is 12.0 Å². The minimum atomic E-state index is -1.12. The molecule has 2 aromatic rings. The molecule has 2 amide bonds. The molecule has 2 rings (SSSR count). The van der Waals surface area contributed by atoms with Crippen molar-refractivity contribution in [3.8, 4) is 6.07 Å². The average molecular weight is 366 g/mol. The number of carbonyl (C=O) groups is 2. The highest BCUT2D eigenvalue weighted by molar-refractivity contribution is 9.10. The molecule has 0 radical (unpaired) electrons. The maximum Gasteiger partial charge on any atom is 0.338 e. The molecule has 0 aliphatic carbocycles. The van der Waals surface area contributed by atoms with Gasteiger partial charge in [0.05, 0.1) is 16.8 Å². The Balaban J connectivity index is 2.16. The molecule has 0 fully saturated rings. The fraction of sp³-hybridized carbons (Fsp3) is 0. The third kappa shape index (κ3) is 3.59. The molecule has 3 N–H and O–H groups in total. The Kier molecular flexibility index (Phi) is 4.57. The van der Waals surface area contributed by atoms with Crippen LogP contribution in [0.1, 0.15) is 15.9 Å². The Labute approximate surface area is 132 Å². The number of rotatable bonds is 3. The minimum Gasteiger partial charge on any atom is -0.478 e. The zero-order valence-corrected chi connectivity index (χ0v) is 12.8. The number of thiophene rings is 1. The van der Waals surface area contributed by atoms with Gasteiger partial charge in [-0.25, -0.2) is 9.59 Å². The lowest BCUT2D eigenvalue weighted by atomic mass is 10.2. The molecule has 0 unspecified atom stereocenters. The average Bonchev–Trinajstić information content (AvgIpc) is 2.87. The summed E-state index contributed by atoms with van der Waals surface area (Å²) >= 11 is 4.35. The number of carboxylic acids is 1. The van der Waals surface area contributed by atoms with Crippen molar-refractivity contribution in [1.82, 2.24) is 0 Å². The Hall–Kier alpha value is -2.37. The first-order valence-corrected chi connectivity index (χ1v) is 7.27. The second kappa shape index (κ2) is 6.39. The van der Waals surface area contributed by atoms with Crippen molar-refractivity contribution in [1.29, 1.82) is 5.26 Å². The van der Waals surface area contributed by atoms with E-state index in [0.717, 1.165) is 11.3 Å². The monoisotopic (exact) mass is 365 g/mol. The zero-order chi connectivity index (χ0) is 15.4. The van der Waals surface area contributed by atoms with Crippen molar-refractivity contribution in [3.63, 3.8) is 0 Å². The summed E-state index contributed by atoms with van der Waals surface area (Å²) in [6.07, 6.45) is 0. The van der Waals surface area contributed by atoms with Crippen molar-refractivity contribution in [2.24, 2.45) is 0 Å². The van der Waals surface area contributed by atoms with Gasteiger partial charge in [-0.2, -0.15) is 5.26 Å². The van der Waals surface area contributed by atoms with Crippen molar-refractivity contribution in [2.75, 3.05) is 10.6 Å². The van der Waals surface area contributed by atoms with Gasteiger partial charge in [0.25, 0.3) is 0 Å². The van der Waals surface area contributed by atoms with Gasteiger partial charge in [-0.1, -0.05) is 15.9 Å². The number of carboxylic acid groups (broad SMARTS) is 1. The van der Waals surface area contributed by atoms with Crippen LogP contribution < -0.4 is 10.6 Å². The highest BCUT2D eigenvalue weighted by atomic mass is 79.9. The highest BCUT2D eigenvalue weighted by Gasteiger charge is 2.14. The van der Waals surface area contributed by atoms with Crippen molar-refractivity contribution < 1.29 is 14.7 Å². The molecule has 8 heteroatoms. The summed E-state index contributed by atoms with van der Waals surface area (Å²) in [4.78, 5) is 22.9. The van der Waals surface area contributed by atoms with Crippen LogP contribution in [0.5, 0.6) is 0 Å². The van der Waals surface area contributed by atoms with Gasteiger partial charge in [0.2, 0.25) is 0 Å². The van der Waals surface area contributed by atoms with Crippen LogP contribution in [0.4, 0.5) is 15.5 Å². The van der Waals surface area contributed by atoms with E-state index in [2.05, 4.69) is 26.6 Å². The molecule has 1 aromatic heterocycles. The zero-order valence-electron chi connectivity index (χ0n) is 10.4. The predicted octanol–water partition coefficient (Wildman–Crippen LogP) is 3.72. The van der Waals surface area contributed by atoms with Crippen LogP contribution in [-0.2, 0) is 0 Å². The number of anilines is 2. The Morgan fingerprint density at radius 3 is 2.71 bits per heavy atom. The number of aromatic carboxylic acids is 1. The van der Waals surface area contributed by atoms with Crippen LogP contribution in [0.3, 0.4) is 0 Å². The number of benzene rings is 1. The first-order chi connectivity index (χ1) is 10.0. The molecular weight excluding hydrogens is 358 g/mol. The third-order valence-electron chi connectivity index (χ3n) is 2.47. The summed E-state index contributed by atoms with van der Waals surface area (Å²) < 4.78 is 0.708. The number of halogens is 1. The number of hydrogen-bond donors (Lipinski definition) is 3. The molecule has 1 aromatic carbocycles. The van der Waals surface area contributed by atoms with Crippen LogP contribution >= 0.6 is 27.3 Å². The molecule has 0 spiro atoms. The quantitative estimate of drug-likeness (QED) is 0.770. The Morgan fingerprint density at radius 2 is 2.05 bits per heavy atom. The molecule has 21 heavy (non-hydrogen) atoms. The number of carbonyl (C=O) groups excluding carboxylic acids is 1. The third-order valence-corrected chi connectivity index (χ3v) is 3.80. The Morgan fingerprint density at radius 1 is 1.29 bits per heavy atom. The van der Waals surface area contributed by atoms with Crippen molar-refractivity contribution in [3.05, 3.63) is 45.2 Å². The molecule has 6 nitrogen and oxygen atoms in total. The van der Waals surface area contributed by atoms with E-state index in [-0.39, 0.29) is 10.6 Å². The molecular formula is C13H8BrN3O3S. The van der Waals surface area contributed by atoms with E-state index in [1.165, 1.54) is 6.07 Å². The van der Waals surface area contributed by atoms with E-state index in [9.17, 15) is 9.59 Å². The summed E-state index contributed by atoms with van der Waals surface area (Å²) in [5, 5.41) is 24.7. The van der Waals surface area contributed by atoms with Gasteiger partial charge in [-0.05, 0) is 29.6 Å². The van der Waals surface area contributed by atoms with Crippen LogP contribution in [0.15, 0.2) is 34.1 Å². The van der Waals surface area contributed by atoms with Gasteiger partial charge in [-0.15, -0.1) is 11.3 Å². The van der Waals surface area contributed by atoms with Crippen LogP contribution in [0, 0.1) is 11.3 Å². The van der Waals surface area contributed by atoms with Gasteiger partial charge >= 0.3 is 12.0 Å². The topological polar surface area (TPSA) is 102 Å². The lowest BCUT2D eigenvalue weighted by Gasteiger charge is -2.08. The second-order valence-electron chi connectivity index (χ2n) is 3.85. The second-order valence-corrected chi connectivity index (χ2v) is 5.68. The lowest BCUT2D eigenvalue weighted by Crippen LogP contribution is -2.20. The van der Waals surface area contributed by atoms with E-state index in [4.69, 9.17) is 10.4 Å². The standard InChI is InChI=1S/C13H8BrN3O3S/c14-8-2-1-7(6-15)10(5-8)16-13(20)17-11-9(12(18)19)3-4-21-11/h1-5H,(H,18,19)(H2,16,17,20). The van der Waals surface area contributed by atoms with Crippen LogP contribution in [0.2, 0.25) is 0 Å². The minimum absolute atomic E-state index is 0.0184. The smallest absolute Gasteiger partial charge is 0.338 e. The largest absolute Gasteiger partial charge is 0.478 e. The van der Waals surface area contributed by atoms with Gasteiger partial charge in [0, 0.05) is 4.47 Å². The molecule has 0 aliphatic heterocycles. The number of nitrogens with one attached hydrogen (secondary N) is 2. The normalized spacial score (nSPS) is 9.71. The van der Waals surface area contributed by atoms with E-state index in [0.29, 0.717) is 15.7 Å². The maximum atomic E-state index is 11.9. The molecule has 0 saturated heterocycles. The molecule has 0 saturated carbocycles. The molecule has 1 heterocycles. The fourth-order valence-electron chi connectivity index (χ4n) is 1.55. The predicted molar refractivity (Wildman–Crippen MR) is 82.8 cm³/mol. The molecule has 106 valence electrons. The lowest BCUT2D eigenvalue weighted by molar-refractivity contribution is 0.0698. The number of amides is 2. The first-order valence-electron chi connectivity index (χ1n) is 5.59. The number of nitrogens with zero attached hydrogens (tertiary/aromatic N) is 1. The number of hydrogen-bond acceptors (Lipinski definition) is 4. The number of urea groups is 1. The Bertz CT molecular complexity index is 751. The molecule has 0 bridgehead atoms. The van der Waals surface area contributed by atoms with Crippen molar-refractivity contribution >= 4 is 50.0 Å².